The van der Waals surface area contributed by atoms with Crippen LogP contribution in [0.3, 0.4) is 0 Å². The van der Waals surface area contributed by atoms with E-state index in [9.17, 15) is 9.59 Å². The van der Waals surface area contributed by atoms with E-state index in [-0.39, 0.29) is 24.5 Å². The molecular weight excluding hydrogens is 388 g/mol. The molecule has 6 heteroatoms. The summed E-state index contributed by atoms with van der Waals surface area (Å²) in [4.78, 5) is 26.7. The summed E-state index contributed by atoms with van der Waals surface area (Å²) in [7, 11) is 0. The predicted octanol–water partition coefficient (Wildman–Crippen LogP) is 4.07. The maximum atomic E-state index is 12.5. The van der Waals surface area contributed by atoms with Crippen molar-refractivity contribution in [2.45, 2.75) is 39.7 Å². The Morgan fingerprint density at radius 2 is 1.76 bits per heavy atom. The van der Waals surface area contributed by atoms with Crippen molar-refractivity contribution in [2.75, 3.05) is 19.7 Å². The van der Waals surface area contributed by atoms with E-state index in [0.29, 0.717) is 24.4 Å². The molecule has 1 heterocycles. The van der Waals surface area contributed by atoms with Gasteiger partial charge in [0.05, 0.1) is 0 Å². The number of hydrogen-bond donors (Lipinski definition) is 1. The van der Waals surface area contributed by atoms with Gasteiger partial charge in [0.25, 0.3) is 11.8 Å². The zero-order valence-corrected chi connectivity index (χ0v) is 17.9. The molecule has 0 saturated carbocycles. The average Bonchev–Trinajstić information content (AvgIpc) is 2.70. The SMILES string of the molecule is Cc1cccc(C(=O)NC2CCN(C(=O)COc3cc(C)c(Cl)c(C)c3)CC2)c1. The second-order valence-corrected chi connectivity index (χ2v) is 8.04. The van der Waals surface area contributed by atoms with Gasteiger partial charge in [0, 0.05) is 29.7 Å². The molecule has 1 aliphatic rings. The van der Waals surface area contributed by atoms with Gasteiger partial charge in [-0.15, -0.1) is 0 Å². The molecule has 0 bridgehead atoms. The molecule has 0 radical (unpaired) electrons. The lowest BCUT2D eigenvalue weighted by Gasteiger charge is -2.32. The van der Waals surface area contributed by atoms with E-state index in [1.807, 2.05) is 57.2 Å². The summed E-state index contributed by atoms with van der Waals surface area (Å²) in [6, 6.07) is 11.3. The molecule has 5 nitrogen and oxygen atoms in total. The molecule has 2 aromatic rings. The largest absolute Gasteiger partial charge is 0.484 e. The van der Waals surface area contributed by atoms with Crippen LogP contribution in [0.25, 0.3) is 0 Å². The van der Waals surface area contributed by atoms with Gasteiger partial charge in [-0.3, -0.25) is 9.59 Å². The Hall–Kier alpha value is -2.53. The number of rotatable bonds is 5. The van der Waals surface area contributed by atoms with E-state index < -0.39 is 0 Å². The van der Waals surface area contributed by atoms with Gasteiger partial charge in [-0.25, -0.2) is 0 Å². The molecule has 0 unspecified atom stereocenters. The third-order valence-corrected chi connectivity index (χ3v) is 5.83. The molecule has 0 aliphatic carbocycles. The van der Waals surface area contributed by atoms with E-state index in [2.05, 4.69) is 5.32 Å². The van der Waals surface area contributed by atoms with Gasteiger partial charge in [-0.1, -0.05) is 29.3 Å². The number of benzene rings is 2. The van der Waals surface area contributed by atoms with Crippen LogP contribution in [0.5, 0.6) is 5.75 Å². The monoisotopic (exact) mass is 414 g/mol. The molecule has 1 saturated heterocycles. The lowest BCUT2D eigenvalue weighted by atomic mass is 10.0. The van der Waals surface area contributed by atoms with Crippen molar-refractivity contribution in [3.63, 3.8) is 0 Å². The number of carbonyl (C=O) groups excluding carboxylic acids is 2. The van der Waals surface area contributed by atoms with Crippen LogP contribution >= 0.6 is 11.6 Å². The van der Waals surface area contributed by atoms with Gasteiger partial charge >= 0.3 is 0 Å². The van der Waals surface area contributed by atoms with E-state index in [1.54, 1.807) is 4.90 Å². The maximum Gasteiger partial charge on any atom is 0.260 e. The Bertz CT molecular complexity index is 882. The van der Waals surface area contributed by atoms with Crippen LogP contribution in [0.2, 0.25) is 5.02 Å². The van der Waals surface area contributed by atoms with Crippen LogP contribution in [-0.2, 0) is 4.79 Å². The fourth-order valence-electron chi connectivity index (χ4n) is 3.55. The van der Waals surface area contributed by atoms with Crippen LogP contribution in [0, 0.1) is 20.8 Å². The molecule has 1 fully saturated rings. The summed E-state index contributed by atoms with van der Waals surface area (Å²) in [5.74, 6) is 0.548. The maximum absolute atomic E-state index is 12.5. The van der Waals surface area contributed by atoms with Crippen molar-refractivity contribution < 1.29 is 14.3 Å². The van der Waals surface area contributed by atoms with Crippen molar-refractivity contribution in [3.8, 4) is 5.75 Å². The van der Waals surface area contributed by atoms with Gasteiger partial charge < -0.3 is 15.0 Å². The zero-order chi connectivity index (χ0) is 21.0. The highest BCUT2D eigenvalue weighted by atomic mass is 35.5. The zero-order valence-electron chi connectivity index (χ0n) is 17.1. The second kappa shape index (κ2) is 9.31. The molecule has 1 aliphatic heterocycles. The van der Waals surface area contributed by atoms with Crippen LogP contribution in [0.4, 0.5) is 0 Å². The van der Waals surface area contributed by atoms with Crippen molar-refractivity contribution in [1.82, 2.24) is 10.2 Å². The second-order valence-electron chi connectivity index (χ2n) is 7.66. The Morgan fingerprint density at radius 1 is 1.10 bits per heavy atom. The molecule has 2 aromatic carbocycles. The highest BCUT2D eigenvalue weighted by Gasteiger charge is 2.24. The first-order valence-corrected chi connectivity index (χ1v) is 10.3. The Labute approximate surface area is 177 Å². The van der Waals surface area contributed by atoms with Crippen LogP contribution < -0.4 is 10.1 Å². The third-order valence-electron chi connectivity index (χ3n) is 5.24. The Balaban J connectivity index is 1.46. The molecule has 0 atom stereocenters. The number of nitrogens with one attached hydrogen (secondary N) is 1. The van der Waals surface area contributed by atoms with Gasteiger partial charge in [0.1, 0.15) is 5.75 Å². The predicted molar refractivity (Wildman–Crippen MR) is 115 cm³/mol. The fraction of sp³-hybridized carbons (Fsp3) is 0.391. The number of aryl methyl sites for hydroxylation is 3. The van der Waals surface area contributed by atoms with Crippen LogP contribution in [0.1, 0.15) is 39.9 Å². The van der Waals surface area contributed by atoms with Gasteiger partial charge in [0.15, 0.2) is 6.61 Å². The van der Waals surface area contributed by atoms with Crippen molar-refractivity contribution in [3.05, 3.63) is 63.7 Å². The minimum atomic E-state index is -0.0599. The van der Waals surface area contributed by atoms with Gasteiger partial charge in [-0.05, 0) is 69.0 Å². The van der Waals surface area contributed by atoms with Gasteiger partial charge in [0.2, 0.25) is 0 Å². The molecule has 3 rings (SSSR count). The summed E-state index contributed by atoms with van der Waals surface area (Å²) < 4.78 is 5.68. The van der Waals surface area contributed by atoms with Crippen molar-refractivity contribution in [2.24, 2.45) is 0 Å². The standard InChI is InChI=1S/C23H27ClN2O3/c1-15-5-4-6-18(11-15)23(28)25-19-7-9-26(10-8-19)21(27)14-29-20-12-16(2)22(24)17(3)13-20/h4-6,11-13,19H,7-10,14H2,1-3H3,(H,25,28). The number of piperidine rings is 1. The highest BCUT2D eigenvalue weighted by molar-refractivity contribution is 6.32. The molecule has 1 N–H and O–H groups in total. The van der Waals surface area contributed by atoms with Crippen molar-refractivity contribution >= 4 is 23.4 Å². The first-order valence-electron chi connectivity index (χ1n) is 9.88. The van der Waals surface area contributed by atoms with E-state index in [1.165, 1.54) is 0 Å². The fourth-order valence-corrected chi connectivity index (χ4v) is 3.66. The van der Waals surface area contributed by atoms with Gasteiger partial charge in [-0.2, -0.15) is 0 Å². The van der Waals surface area contributed by atoms with Crippen LogP contribution in [-0.4, -0.2) is 42.5 Å². The molecule has 2 amide bonds. The first-order chi connectivity index (χ1) is 13.8. The Kier molecular flexibility index (Phi) is 6.80. The lowest BCUT2D eigenvalue weighted by Crippen LogP contribution is -2.47. The number of nitrogens with zero attached hydrogens (tertiary/aromatic N) is 1. The van der Waals surface area contributed by atoms with Crippen molar-refractivity contribution in [1.29, 1.82) is 0 Å². The topological polar surface area (TPSA) is 58.6 Å². The number of hydrogen-bond acceptors (Lipinski definition) is 3. The number of ether oxygens (including phenoxy) is 1. The summed E-state index contributed by atoms with van der Waals surface area (Å²) in [5, 5.41) is 3.80. The number of amides is 2. The number of halogens is 1. The summed E-state index contributed by atoms with van der Waals surface area (Å²) in [6.07, 6.45) is 1.48. The summed E-state index contributed by atoms with van der Waals surface area (Å²) in [5.41, 5.74) is 3.59. The van der Waals surface area contributed by atoms with Crippen LogP contribution in [0.15, 0.2) is 36.4 Å². The smallest absolute Gasteiger partial charge is 0.260 e. The minimum absolute atomic E-state index is 0.000824. The lowest BCUT2D eigenvalue weighted by molar-refractivity contribution is -0.134. The quantitative estimate of drug-likeness (QED) is 0.802. The van der Waals surface area contributed by atoms with E-state index in [4.69, 9.17) is 16.3 Å². The molecule has 154 valence electrons. The summed E-state index contributed by atoms with van der Waals surface area (Å²) in [6.45, 7) is 7.02. The van der Waals surface area contributed by atoms with E-state index >= 15 is 0 Å². The molecule has 0 aromatic heterocycles. The molecular formula is C23H27ClN2O3. The normalized spacial score (nSPS) is 14.6. The average molecular weight is 415 g/mol. The Morgan fingerprint density at radius 3 is 2.38 bits per heavy atom. The summed E-state index contributed by atoms with van der Waals surface area (Å²) >= 11 is 6.17. The third kappa shape index (κ3) is 5.51. The molecule has 0 spiro atoms. The number of carbonyl (C=O) groups is 2. The highest BCUT2D eigenvalue weighted by Crippen LogP contribution is 2.26. The first kappa shape index (κ1) is 21.2. The molecule has 29 heavy (non-hydrogen) atoms. The minimum Gasteiger partial charge on any atom is -0.484 e. The van der Waals surface area contributed by atoms with E-state index in [0.717, 1.165) is 34.6 Å². The number of likely N-dealkylation sites (tertiary alicyclic amines) is 1.